The third-order valence-corrected chi connectivity index (χ3v) is 8.59. The monoisotopic (exact) mass is 485 g/mol. The van der Waals surface area contributed by atoms with Crippen LogP contribution >= 0.6 is 11.3 Å². The third-order valence-electron chi connectivity index (χ3n) is 7.26. The highest BCUT2D eigenvalue weighted by Crippen LogP contribution is 2.44. The number of thiophene rings is 1. The van der Waals surface area contributed by atoms with Crippen LogP contribution in [0.2, 0.25) is 0 Å². The normalized spacial score (nSPS) is 16.8. The average Bonchev–Trinajstić information content (AvgIpc) is 3.44. The molecule has 0 radical (unpaired) electrons. The number of fused-ring (bicyclic) bond motifs is 5. The second-order valence-electron chi connectivity index (χ2n) is 9.63. The van der Waals surface area contributed by atoms with Gasteiger partial charge < -0.3 is 14.8 Å². The van der Waals surface area contributed by atoms with Crippen LogP contribution in [-0.2, 0) is 19.4 Å². The van der Waals surface area contributed by atoms with Crippen molar-refractivity contribution in [2.24, 2.45) is 0 Å². The predicted molar refractivity (Wildman–Crippen MR) is 139 cm³/mol. The van der Waals surface area contributed by atoms with E-state index in [9.17, 15) is 9.18 Å². The molecule has 2 amide bonds. The maximum absolute atomic E-state index is 14.0. The van der Waals surface area contributed by atoms with Crippen molar-refractivity contribution < 1.29 is 9.18 Å². The number of urea groups is 1. The Balaban J connectivity index is 1.50. The summed E-state index contributed by atoms with van der Waals surface area (Å²) in [6.45, 7) is 4.55. The maximum atomic E-state index is 14.0. The van der Waals surface area contributed by atoms with Gasteiger partial charge in [0, 0.05) is 22.3 Å². The first-order chi connectivity index (χ1) is 17.0. The molecule has 35 heavy (non-hydrogen) atoms. The van der Waals surface area contributed by atoms with Crippen molar-refractivity contribution in [2.75, 3.05) is 5.32 Å². The fourth-order valence-electron chi connectivity index (χ4n) is 5.44. The van der Waals surface area contributed by atoms with Crippen LogP contribution in [0.1, 0.15) is 57.3 Å². The van der Waals surface area contributed by atoms with Crippen molar-refractivity contribution in [3.63, 3.8) is 0 Å². The minimum absolute atomic E-state index is 0.149. The van der Waals surface area contributed by atoms with Crippen molar-refractivity contribution in [3.05, 3.63) is 105 Å². The summed E-state index contributed by atoms with van der Waals surface area (Å²) >= 11 is 1.86. The lowest BCUT2D eigenvalue weighted by atomic mass is 9.95. The number of carbonyl (C=O) groups excluding carboxylic acids is 1. The molecule has 2 aromatic heterocycles. The lowest BCUT2D eigenvalue weighted by molar-refractivity contribution is 0.194. The molecule has 0 spiro atoms. The molecule has 2 aliphatic rings. The third kappa shape index (κ3) is 3.86. The molecule has 1 atom stereocenters. The van der Waals surface area contributed by atoms with Gasteiger partial charge in [-0.15, -0.1) is 11.3 Å². The van der Waals surface area contributed by atoms with E-state index in [1.165, 1.54) is 46.0 Å². The number of aryl methyl sites for hydroxylation is 3. The molecular formula is C29H28FN3OS. The number of nitrogens with zero attached hydrogens (tertiary/aromatic N) is 2. The van der Waals surface area contributed by atoms with Gasteiger partial charge in [-0.2, -0.15) is 0 Å². The molecule has 0 saturated heterocycles. The van der Waals surface area contributed by atoms with E-state index in [0.717, 1.165) is 40.9 Å². The van der Waals surface area contributed by atoms with Crippen molar-refractivity contribution in [1.82, 2.24) is 9.47 Å². The van der Waals surface area contributed by atoms with Crippen molar-refractivity contribution >= 4 is 23.1 Å². The largest absolute Gasteiger partial charge is 0.322 e. The first kappa shape index (κ1) is 22.1. The number of nitrogens with one attached hydrogen (secondary N) is 1. The molecule has 6 rings (SSSR count). The second kappa shape index (κ2) is 8.68. The van der Waals surface area contributed by atoms with Gasteiger partial charge in [0.1, 0.15) is 10.8 Å². The van der Waals surface area contributed by atoms with Crippen LogP contribution in [0.15, 0.2) is 60.8 Å². The highest BCUT2D eigenvalue weighted by atomic mass is 32.1. The van der Waals surface area contributed by atoms with Gasteiger partial charge in [0.25, 0.3) is 0 Å². The van der Waals surface area contributed by atoms with E-state index in [2.05, 4.69) is 28.2 Å². The maximum Gasteiger partial charge on any atom is 0.322 e. The molecule has 178 valence electrons. The Morgan fingerprint density at radius 2 is 1.83 bits per heavy atom. The van der Waals surface area contributed by atoms with E-state index < -0.39 is 0 Å². The van der Waals surface area contributed by atoms with Crippen molar-refractivity contribution in [3.8, 4) is 5.00 Å². The molecular weight excluding hydrogens is 457 g/mol. The predicted octanol–water partition coefficient (Wildman–Crippen LogP) is 7.31. The number of carbonyl (C=O) groups is 1. The molecule has 0 bridgehead atoms. The molecule has 0 saturated carbocycles. The van der Waals surface area contributed by atoms with Gasteiger partial charge >= 0.3 is 6.03 Å². The summed E-state index contributed by atoms with van der Waals surface area (Å²) in [5.74, 6) is -0.280. The Kier molecular flexibility index (Phi) is 5.49. The van der Waals surface area contributed by atoms with Crippen LogP contribution in [0, 0.1) is 19.7 Å². The first-order valence-electron chi connectivity index (χ1n) is 12.2. The quantitative estimate of drug-likeness (QED) is 0.318. The highest BCUT2D eigenvalue weighted by molar-refractivity contribution is 7.15. The summed E-state index contributed by atoms with van der Waals surface area (Å²) in [5, 5.41) is 4.41. The van der Waals surface area contributed by atoms with Crippen LogP contribution in [-0.4, -0.2) is 15.5 Å². The molecule has 0 fully saturated rings. The van der Waals surface area contributed by atoms with Crippen molar-refractivity contribution in [2.45, 2.75) is 52.1 Å². The summed E-state index contributed by atoms with van der Waals surface area (Å²) in [6.07, 6.45) is 6.68. The van der Waals surface area contributed by atoms with E-state index in [-0.39, 0.29) is 17.9 Å². The summed E-state index contributed by atoms with van der Waals surface area (Å²) in [7, 11) is 0. The standard InChI is InChI=1S/C29H28FN3OS/c1-18-9-10-19(2)24(16-18)31-29(34)33-17-23-22-6-3-4-8-26(22)35-28(23)32-15-5-7-25(32)27(33)20-11-13-21(30)14-12-20/h5,7,9-16,27H,3-4,6,8,17H2,1-2H3,(H,31,34)/t27-/m1/s1. The van der Waals surface area contributed by atoms with Gasteiger partial charge in [-0.3, -0.25) is 0 Å². The molecule has 4 nitrogen and oxygen atoms in total. The molecule has 4 aromatic rings. The van der Waals surface area contributed by atoms with E-state index >= 15 is 0 Å². The number of benzene rings is 2. The minimum Gasteiger partial charge on any atom is -0.310 e. The fraction of sp³-hybridized carbons (Fsp3) is 0.276. The molecule has 1 N–H and O–H groups in total. The van der Waals surface area contributed by atoms with E-state index in [1.807, 2.05) is 48.3 Å². The van der Waals surface area contributed by atoms with Crippen LogP contribution in [0.5, 0.6) is 0 Å². The number of aromatic nitrogens is 1. The van der Waals surface area contributed by atoms with E-state index in [4.69, 9.17) is 0 Å². The Hall–Kier alpha value is -3.38. The minimum atomic E-state index is -0.338. The summed E-state index contributed by atoms with van der Waals surface area (Å²) in [6, 6.07) is 16.3. The smallest absolute Gasteiger partial charge is 0.310 e. The van der Waals surface area contributed by atoms with E-state index in [1.54, 1.807) is 12.1 Å². The molecule has 1 aliphatic carbocycles. The summed E-state index contributed by atoms with van der Waals surface area (Å²) < 4.78 is 16.1. The zero-order chi connectivity index (χ0) is 24.1. The zero-order valence-electron chi connectivity index (χ0n) is 20.0. The van der Waals surface area contributed by atoms with Gasteiger partial charge in [-0.05, 0) is 92.1 Å². The van der Waals surface area contributed by atoms with Crippen LogP contribution in [0.3, 0.4) is 0 Å². The summed E-state index contributed by atoms with van der Waals surface area (Å²) in [5.41, 5.74) is 7.52. The van der Waals surface area contributed by atoms with Crippen LogP contribution < -0.4 is 5.32 Å². The molecule has 3 heterocycles. The Labute approximate surface area is 209 Å². The lowest BCUT2D eigenvalue weighted by Gasteiger charge is -2.31. The topological polar surface area (TPSA) is 37.3 Å². The number of amides is 2. The van der Waals surface area contributed by atoms with E-state index in [0.29, 0.717) is 6.54 Å². The van der Waals surface area contributed by atoms with Gasteiger partial charge in [0.15, 0.2) is 0 Å². The van der Waals surface area contributed by atoms with Crippen LogP contribution in [0.25, 0.3) is 5.00 Å². The van der Waals surface area contributed by atoms with Crippen molar-refractivity contribution in [1.29, 1.82) is 0 Å². The molecule has 0 unspecified atom stereocenters. The summed E-state index contributed by atoms with van der Waals surface area (Å²) in [4.78, 5) is 17.4. The first-order valence-corrected chi connectivity index (χ1v) is 13.0. The lowest BCUT2D eigenvalue weighted by Crippen LogP contribution is -2.38. The number of anilines is 1. The SMILES string of the molecule is Cc1ccc(C)c(NC(=O)N2Cc3c(sc4c3CCCC4)-n3cccc3[C@H]2c2ccc(F)cc2)c1. The average molecular weight is 486 g/mol. The molecule has 2 aromatic carbocycles. The second-order valence-corrected chi connectivity index (χ2v) is 10.7. The Morgan fingerprint density at radius 1 is 1.03 bits per heavy atom. The number of halogens is 1. The number of rotatable bonds is 2. The fourth-order valence-corrected chi connectivity index (χ4v) is 6.84. The van der Waals surface area contributed by atoms with Gasteiger partial charge in [-0.25, -0.2) is 9.18 Å². The Morgan fingerprint density at radius 3 is 2.66 bits per heavy atom. The Bertz CT molecular complexity index is 1420. The number of hydrogen-bond donors (Lipinski definition) is 1. The molecule has 6 heteroatoms. The molecule has 1 aliphatic heterocycles. The van der Waals surface area contributed by atoms with Gasteiger partial charge in [0.05, 0.1) is 18.3 Å². The van der Waals surface area contributed by atoms with Crippen LogP contribution in [0.4, 0.5) is 14.9 Å². The number of hydrogen-bond acceptors (Lipinski definition) is 2. The van der Waals surface area contributed by atoms with Gasteiger partial charge in [0.2, 0.25) is 0 Å². The zero-order valence-corrected chi connectivity index (χ0v) is 20.8. The van der Waals surface area contributed by atoms with Gasteiger partial charge in [-0.1, -0.05) is 24.3 Å². The highest BCUT2D eigenvalue weighted by Gasteiger charge is 2.36.